The third-order valence-corrected chi connectivity index (χ3v) is 4.27. The molecule has 1 N–H and O–H groups in total. The van der Waals surface area contributed by atoms with Gasteiger partial charge in [-0.25, -0.2) is 0 Å². The first-order valence-electron chi connectivity index (χ1n) is 8.73. The van der Waals surface area contributed by atoms with Crippen molar-refractivity contribution in [3.05, 3.63) is 53.5 Å². The van der Waals surface area contributed by atoms with Crippen LogP contribution in [0.3, 0.4) is 0 Å². The molecule has 1 aliphatic heterocycles. The minimum atomic E-state index is -0.487. The molecular weight excluding hydrogens is 334 g/mol. The highest BCUT2D eigenvalue weighted by molar-refractivity contribution is 5.93. The zero-order valence-electron chi connectivity index (χ0n) is 15.4. The number of hydrogen-bond acceptors (Lipinski definition) is 5. The van der Waals surface area contributed by atoms with Crippen molar-refractivity contribution in [3.8, 4) is 5.75 Å². The van der Waals surface area contributed by atoms with Crippen LogP contribution in [-0.4, -0.2) is 47.3 Å². The van der Waals surface area contributed by atoms with E-state index in [1.165, 1.54) is 0 Å². The molecule has 1 saturated heterocycles. The van der Waals surface area contributed by atoms with E-state index in [4.69, 9.17) is 13.9 Å². The van der Waals surface area contributed by atoms with Gasteiger partial charge in [0, 0.05) is 12.1 Å². The minimum Gasteiger partial charge on any atom is -0.491 e. The van der Waals surface area contributed by atoms with E-state index < -0.39 is 5.60 Å². The standard InChI is InChI=1S/C20H25NO5/c1-14-9-16(11-22)25-18(14)19(23)21-10-17(26-20(2,3)13-21)12-24-15-7-5-4-6-8-15/h4-9,17,22H,10-13H2,1-3H3/t17-/m0/s1. The fourth-order valence-corrected chi connectivity index (χ4v) is 3.22. The van der Waals surface area contributed by atoms with Gasteiger partial charge < -0.3 is 23.9 Å². The Balaban J connectivity index is 1.70. The van der Waals surface area contributed by atoms with E-state index in [1.807, 2.05) is 44.2 Å². The molecular formula is C20H25NO5. The molecule has 2 heterocycles. The molecule has 2 aromatic rings. The molecule has 0 spiro atoms. The van der Waals surface area contributed by atoms with Crippen molar-refractivity contribution < 1.29 is 23.8 Å². The Hall–Kier alpha value is -2.31. The topological polar surface area (TPSA) is 72.1 Å². The summed E-state index contributed by atoms with van der Waals surface area (Å²) in [7, 11) is 0. The number of carbonyl (C=O) groups is 1. The van der Waals surface area contributed by atoms with Crippen LogP contribution in [0.5, 0.6) is 5.75 Å². The fraction of sp³-hybridized carbons (Fsp3) is 0.450. The van der Waals surface area contributed by atoms with Gasteiger partial charge in [-0.15, -0.1) is 0 Å². The van der Waals surface area contributed by atoms with Crippen molar-refractivity contribution >= 4 is 5.91 Å². The van der Waals surface area contributed by atoms with Gasteiger partial charge in [0.2, 0.25) is 0 Å². The maximum Gasteiger partial charge on any atom is 0.290 e. The van der Waals surface area contributed by atoms with Crippen LogP contribution in [0.1, 0.15) is 35.7 Å². The lowest BCUT2D eigenvalue weighted by Crippen LogP contribution is -2.56. The lowest BCUT2D eigenvalue weighted by Gasteiger charge is -2.42. The molecule has 1 amide bonds. The Morgan fingerprint density at radius 1 is 1.35 bits per heavy atom. The van der Waals surface area contributed by atoms with Crippen LogP contribution in [0.15, 0.2) is 40.8 Å². The number of hydrogen-bond donors (Lipinski definition) is 1. The zero-order chi connectivity index (χ0) is 18.7. The summed E-state index contributed by atoms with van der Waals surface area (Å²) < 4.78 is 17.4. The van der Waals surface area contributed by atoms with E-state index in [9.17, 15) is 9.90 Å². The zero-order valence-corrected chi connectivity index (χ0v) is 15.4. The van der Waals surface area contributed by atoms with Crippen LogP contribution in [-0.2, 0) is 11.3 Å². The summed E-state index contributed by atoms with van der Waals surface area (Å²) in [5, 5.41) is 9.22. The monoisotopic (exact) mass is 359 g/mol. The van der Waals surface area contributed by atoms with E-state index in [0.717, 1.165) is 11.3 Å². The number of ether oxygens (including phenoxy) is 2. The highest BCUT2D eigenvalue weighted by Gasteiger charge is 2.37. The second kappa shape index (κ2) is 7.51. The van der Waals surface area contributed by atoms with Gasteiger partial charge in [-0.05, 0) is 39.0 Å². The summed E-state index contributed by atoms with van der Waals surface area (Å²) in [4.78, 5) is 14.6. The van der Waals surface area contributed by atoms with E-state index >= 15 is 0 Å². The summed E-state index contributed by atoms with van der Waals surface area (Å²) in [5.41, 5.74) is 0.235. The van der Waals surface area contributed by atoms with Crippen molar-refractivity contribution in [1.29, 1.82) is 0 Å². The molecule has 26 heavy (non-hydrogen) atoms. The second-order valence-corrected chi connectivity index (χ2v) is 7.19. The van der Waals surface area contributed by atoms with Crippen LogP contribution in [0.25, 0.3) is 0 Å². The van der Waals surface area contributed by atoms with Crippen LogP contribution < -0.4 is 4.74 Å². The number of benzene rings is 1. The molecule has 0 bridgehead atoms. The number of nitrogens with zero attached hydrogens (tertiary/aromatic N) is 1. The maximum absolute atomic E-state index is 12.9. The minimum absolute atomic E-state index is 0.191. The van der Waals surface area contributed by atoms with Gasteiger partial charge in [0.1, 0.15) is 30.8 Å². The van der Waals surface area contributed by atoms with E-state index in [1.54, 1.807) is 17.9 Å². The van der Waals surface area contributed by atoms with Gasteiger partial charge in [0.05, 0.1) is 12.1 Å². The van der Waals surface area contributed by atoms with Gasteiger partial charge in [-0.1, -0.05) is 18.2 Å². The number of amides is 1. The largest absolute Gasteiger partial charge is 0.491 e. The van der Waals surface area contributed by atoms with Gasteiger partial charge in [0.15, 0.2) is 5.76 Å². The van der Waals surface area contributed by atoms with E-state index in [-0.39, 0.29) is 24.4 Å². The number of aryl methyl sites for hydroxylation is 1. The Kier molecular flexibility index (Phi) is 5.34. The van der Waals surface area contributed by atoms with Gasteiger partial charge >= 0.3 is 0 Å². The summed E-state index contributed by atoms with van der Waals surface area (Å²) in [6.45, 7) is 6.72. The molecule has 3 rings (SSSR count). The summed E-state index contributed by atoms with van der Waals surface area (Å²) in [6, 6.07) is 11.2. The Bertz CT molecular complexity index is 753. The number of aliphatic hydroxyl groups excluding tert-OH is 1. The first-order valence-corrected chi connectivity index (χ1v) is 8.73. The lowest BCUT2D eigenvalue weighted by atomic mass is 10.0. The van der Waals surface area contributed by atoms with Crippen molar-refractivity contribution in [2.24, 2.45) is 0 Å². The lowest BCUT2D eigenvalue weighted by molar-refractivity contribution is -0.137. The smallest absolute Gasteiger partial charge is 0.290 e. The Labute approximate surface area is 153 Å². The van der Waals surface area contributed by atoms with Crippen molar-refractivity contribution in [2.75, 3.05) is 19.7 Å². The third-order valence-electron chi connectivity index (χ3n) is 4.27. The number of carbonyl (C=O) groups excluding carboxylic acids is 1. The highest BCUT2D eigenvalue weighted by Crippen LogP contribution is 2.25. The number of furan rings is 1. The second-order valence-electron chi connectivity index (χ2n) is 7.19. The maximum atomic E-state index is 12.9. The number of morpholine rings is 1. The molecule has 1 fully saturated rings. The molecule has 0 unspecified atom stereocenters. The third kappa shape index (κ3) is 4.26. The highest BCUT2D eigenvalue weighted by atomic mass is 16.5. The van der Waals surface area contributed by atoms with Crippen LogP contribution in [0, 0.1) is 6.92 Å². The molecule has 1 aromatic heterocycles. The van der Waals surface area contributed by atoms with Crippen LogP contribution in [0.4, 0.5) is 0 Å². The van der Waals surface area contributed by atoms with Crippen molar-refractivity contribution in [3.63, 3.8) is 0 Å². The van der Waals surface area contributed by atoms with Gasteiger partial charge in [-0.2, -0.15) is 0 Å². The average Bonchev–Trinajstić information content (AvgIpc) is 3.00. The normalized spacial score (nSPS) is 19.4. The van der Waals surface area contributed by atoms with E-state index in [0.29, 0.717) is 25.5 Å². The predicted octanol–water partition coefficient (Wildman–Crippen LogP) is 2.78. The molecule has 0 saturated carbocycles. The molecule has 6 nitrogen and oxygen atoms in total. The Morgan fingerprint density at radius 2 is 2.08 bits per heavy atom. The summed E-state index contributed by atoms with van der Waals surface area (Å²) in [5.74, 6) is 1.24. The average molecular weight is 359 g/mol. The Morgan fingerprint density at radius 3 is 2.73 bits per heavy atom. The number of rotatable bonds is 5. The molecule has 6 heteroatoms. The van der Waals surface area contributed by atoms with Gasteiger partial charge in [-0.3, -0.25) is 4.79 Å². The molecule has 1 aliphatic rings. The molecule has 1 aromatic carbocycles. The van der Waals surface area contributed by atoms with Crippen LogP contribution >= 0.6 is 0 Å². The van der Waals surface area contributed by atoms with Crippen molar-refractivity contribution in [1.82, 2.24) is 4.90 Å². The summed E-state index contributed by atoms with van der Waals surface area (Å²) in [6.07, 6.45) is -0.240. The fourth-order valence-electron chi connectivity index (χ4n) is 3.22. The molecule has 1 atom stereocenters. The number of para-hydroxylation sites is 1. The molecule has 0 aliphatic carbocycles. The van der Waals surface area contributed by atoms with Crippen LogP contribution in [0.2, 0.25) is 0 Å². The molecule has 0 radical (unpaired) electrons. The van der Waals surface area contributed by atoms with Crippen molar-refractivity contribution in [2.45, 2.75) is 39.1 Å². The first-order chi connectivity index (χ1) is 12.4. The predicted molar refractivity (Wildman–Crippen MR) is 96.2 cm³/mol. The quantitative estimate of drug-likeness (QED) is 0.889. The SMILES string of the molecule is Cc1cc(CO)oc1C(=O)N1C[C@@H](COc2ccccc2)OC(C)(C)C1. The molecule has 140 valence electrons. The first kappa shape index (κ1) is 18.5. The number of aliphatic hydroxyl groups is 1. The van der Waals surface area contributed by atoms with E-state index in [2.05, 4.69) is 0 Å². The summed E-state index contributed by atoms with van der Waals surface area (Å²) >= 11 is 0. The van der Waals surface area contributed by atoms with Gasteiger partial charge in [0.25, 0.3) is 5.91 Å².